The Hall–Kier alpha value is -4.00. The molecular formula is C26H25N5O2. The fraction of sp³-hybridized carbons (Fsp3) is 0.231. The van der Waals surface area contributed by atoms with Crippen LogP contribution in [0.3, 0.4) is 0 Å². The fourth-order valence-electron chi connectivity index (χ4n) is 4.48. The molecule has 7 nitrogen and oxygen atoms in total. The molecule has 1 saturated heterocycles. The Morgan fingerprint density at radius 1 is 0.939 bits per heavy atom. The molecule has 7 heteroatoms. The minimum absolute atomic E-state index is 0.00704. The van der Waals surface area contributed by atoms with Crippen LogP contribution in [0.1, 0.15) is 53.1 Å². The Morgan fingerprint density at radius 3 is 2.45 bits per heavy atom. The van der Waals surface area contributed by atoms with Gasteiger partial charge in [-0.2, -0.15) is 0 Å². The highest BCUT2D eigenvalue weighted by atomic mass is 16.2. The zero-order valence-electron chi connectivity index (χ0n) is 18.2. The number of hydrogen-bond donors (Lipinski definition) is 1. The number of nitrogens with one attached hydrogen (secondary N) is 1. The molecule has 2 aromatic carbocycles. The van der Waals surface area contributed by atoms with Crippen molar-refractivity contribution in [2.45, 2.75) is 31.3 Å². The van der Waals surface area contributed by atoms with E-state index in [1.165, 1.54) is 0 Å². The van der Waals surface area contributed by atoms with Gasteiger partial charge in [-0.1, -0.05) is 54.6 Å². The van der Waals surface area contributed by atoms with Crippen molar-refractivity contribution in [2.75, 3.05) is 6.54 Å². The summed E-state index contributed by atoms with van der Waals surface area (Å²) >= 11 is 0. The van der Waals surface area contributed by atoms with E-state index in [1.807, 2.05) is 82.2 Å². The summed E-state index contributed by atoms with van der Waals surface area (Å²) in [6, 6.07) is 23.9. The first-order valence-corrected chi connectivity index (χ1v) is 11.2. The third-order valence-corrected chi connectivity index (χ3v) is 6.13. The number of pyridine rings is 1. The first-order chi connectivity index (χ1) is 16.2. The van der Waals surface area contributed by atoms with Crippen LogP contribution in [0.15, 0.2) is 85.1 Å². The normalized spacial score (nSPS) is 16.6. The number of aromatic nitrogens is 3. The lowest BCUT2D eigenvalue weighted by atomic mass is 10.0. The Balaban J connectivity index is 1.38. The molecule has 0 radical (unpaired) electrons. The van der Waals surface area contributed by atoms with Gasteiger partial charge in [-0.05, 0) is 42.7 Å². The smallest absolute Gasteiger partial charge is 0.251 e. The molecule has 2 aromatic heterocycles. The van der Waals surface area contributed by atoms with E-state index in [9.17, 15) is 9.59 Å². The van der Waals surface area contributed by atoms with E-state index in [4.69, 9.17) is 0 Å². The van der Waals surface area contributed by atoms with Crippen LogP contribution in [-0.2, 0) is 4.79 Å². The van der Waals surface area contributed by atoms with Crippen LogP contribution < -0.4 is 5.32 Å². The molecular weight excluding hydrogens is 414 g/mol. The maximum Gasteiger partial charge on any atom is 0.251 e. The fourth-order valence-corrected chi connectivity index (χ4v) is 4.48. The van der Waals surface area contributed by atoms with Gasteiger partial charge in [0.25, 0.3) is 5.91 Å². The van der Waals surface area contributed by atoms with Crippen LogP contribution in [0.25, 0.3) is 5.65 Å². The van der Waals surface area contributed by atoms with Crippen molar-refractivity contribution >= 4 is 17.5 Å². The highest BCUT2D eigenvalue weighted by Crippen LogP contribution is 2.33. The number of rotatable bonds is 6. The lowest BCUT2D eigenvalue weighted by molar-refractivity contribution is -0.132. The number of likely N-dealkylation sites (tertiary alicyclic amines) is 1. The van der Waals surface area contributed by atoms with Crippen LogP contribution >= 0.6 is 0 Å². The maximum atomic E-state index is 13.5. The molecule has 1 fully saturated rings. The van der Waals surface area contributed by atoms with Gasteiger partial charge in [-0.15, -0.1) is 10.2 Å². The number of amides is 2. The van der Waals surface area contributed by atoms with Crippen LogP contribution in [0, 0.1) is 0 Å². The van der Waals surface area contributed by atoms with Crippen LogP contribution in [0.5, 0.6) is 0 Å². The highest BCUT2D eigenvalue weighted by Gasteiger charge is 2.34. The minimum atomic E-state index is -0.428. The molecule has 166 valence electrons. The first-order valence-electron chi connectivity index (χ1n) is 11.2. The van der Waals surface area contributed by atoms with E-state index in [1.54, 1.807) is 12.1 Å². The van der Waals surface area contributed by atoms with Crippen molar-refractivity contribution in [3.8, 4) is 0 Å². The first kappa shape index (κ1) is 20.9. The average molecular weight is 440 g/mol. The third kappa shape index (κ3) is 4.35. The molecule has 0 spiro atoms. The van der Waals surface area contributed by atoms with Gasteiger partial charge in [-0.3, -0.25) is 14.0 Å². The van der Waals surface area contributed by atoms with Crippen molar-refractivity contribution in [3.63, 3.8) is 0 Å². The van der Waals surface area contributed by atoms with Crippen molar-refractivity contribution in [2.24, 2.45) is 0 Å². The Bertz CT molecular complexity index is 1260. The quantitative estimate of drug-likeness (QED) is 0.493. The maximum absolute atomic E-state index is 13.5. The number of fused-ring (bicyclic) bond motifs is 1. The van der Waals surface area contributed by atoms with Crippen molar-refractivity contribution in [3.05, 3.63) is 102 Å². The summed E-state index contributed by atoms with van der Waals surface area (Å²) in [5.41, 5.74) is 2.24. The second-order valence-electron chi connectivity index (χ2n) is 8.24. The zero-order valence-corrected chi connectivity index (χ0v) is 18.2. The SMILES string of the molecule is O=C(NC(CC(=O)N1CCC[C@H]1c1nnc2ccccn12)c1ccccc1)c1ccccc1. The summed E-state index contributed by atoms with van der Waals surface area (Å²) in [6.07, 6.45) is 3.85. The van der Waals surface area contributed by atoms with E-state index >= 15 is 0 Å². The molecule has 4 aromatic rings. The number of carbonyl (C=O) groups excluding carboxylic acids is 2. The summed E-state index contributed by atoms with van der Waals surface area (Å²) in [5.74, 6) is 0.576. The van der Waals surface area contributed by atoms with Gasteiger partial charge in [0.1, 0.15) is 0 Å². The number of carbonyl (C=O) groups is 2. The minimum Gasteiger partial charge on any atom is -0.345 e. The van der Waals surface area contributed by atoms with Gasteiger partial charge >= 0.3 is 0 Å². The molecule has 2 amide bonds. The van der Waals surface area contributed by atoms with E-state index in [-0.39, 0.29) is 24.3 Å². The Morgan fingerprint density at radius 2 is 1.67 bits per heavy atom. The molecule has 0 aliphatic carbocycles. The van der Waals surface area contributed by atoms with Gasteiger partial charge in [0, 0.05) is 18.3 Å². The predicted octanol–water partition coefficient (Wildman–Crippen LogP) is 3.95. The van der Waals surface area contributed by atoms with Gasteiger partial charge < -0.3 is 10.2 Å². The van der Waals surface area contributed by atoms with E-state index in [2.05, 4.69) is 15.5 Å². The van der Waals surface area contributed by atoms with E-state index < -0.39 is 6.04 Å². The number of hydrogen-bond acceptors (Lipinski definition) is 4. The van der Waals surface area contributed by atoms with Crippen molar-refractivity contribution in [1.29, 1.82) is 0 Å². The van der Waals surface area contributed by atoms with Crippen LogP contribution in [0.2, 0.25) is 0 Å². The summed E-state index contributed by atoms with van der Waals surface area (Å²) in [5, 5.41) is 11.7. The summed E-state index contributed by atoms with van der Waals surface area (Å²) in [7, 11) is 0. The van der Waals surface area contributed by atoms with Crippen molar-refractivity contribution < 1.29 is 9.59 Å². The standard InChI is InChI=1S/C26H25N5O2/c32-24(30-17-9-14-22(30)25-29-28-23-15-7-8-16-31(23)25)18-21(19-10-3-1-4-11-19)27-26(33)20-12-5-2-6-13-20/h1-8,10-13,15-16,21-22H,9,14,17-18H2,(H,27,33)/t21?,22-/m0/s1. The molecule has 1 aliphatic heterocycles. The van der Waals surface area contributed by atoms with E-state index in [0.29, 0.717) is 12.1 Å². The molecule has 33 heavy (non-hydrogen) atoms. The molecule has 5 rings (SSSR count). The summed E-state index contributed by atoms with van der Waals surface area (Å²) in [6.45, 7) is 0.666. The van der Waals surface area contributed by atoms with Gasteiger partial charge in [-0.25, -0.2) is 0 Å². The topological polar surface area (TPSA) is 79.6 Å². The molecule has 1 aliphatic rings. The zero-order chi connectivity index (χ0) is 22.6. The Kier molecular flexibility index (Phi) is 5.85. The lowest BCUT2D eigenvalue weighted by Crippen LogP contribution is -2.36. The van der Waals surface area contributed by atoms with E-state index in [0.717, 1.165) is 29.9 Å². The molecule has 3 heterocycles. The lowest BCUT2D eigenvalue weighted by Gasteiger charge is -2.26. The largest absolute Gasteiger partial charge is 0.345 e. The molecule has 0 saturated carbocycles. The Labute approximate surface area is 192 Å². The second-order valence-corrected chi connectivity index (χ2v) is 8.24. The second kappa shape index (κ2) is 9.24. The molecule has 1 N–H and O–H groups in total. The van der Waals surface area contributed by atoms with Crippen molar-refractivity contribution in [1.82, 2.24) is 24.8 Å². The third-order valence-electron chi connectivity index (χ3n) is 6.13. The monoisotopic (exact) mass is 439 g/mol. The number of benzene rings is 2. The van der Waals surface area contributed by atoms with Gasteiger partial charge in [0.15, 0.2) is 11.5 Å². The highest BCUT2D eigenvalue weighted by molar-refractivity contribution is 5.94. The summed E-state index contributed by atoms with van der Waals surface area (Å²) in [4.78, 5) is 28.3. The van der Waals surface area contributed by atoms with Gasteiger partial charge in [0.2, 0.25) is 5.91 Å². The number of nitrogens with zero attached hydrogens (tertiary/aromatic N) is 4. The predicted molar refractivity (Wildman–Crippen MR) is 124 cm³/mol. The molecule has 1 unspecified atom stereocenters. The average Bonchev–Trinajstić information content (AvgIpc) is 3.51. The van der Waals surface area contributed by atoms with Gasteiger partial charge in [0.05, 0.1) is 18.5 Å². The van der Waals surface area contributed by atoms with Crippen LogP contribution in [-0.4, -0.2) is 37.9 Å². The molecule has 0 bridgehead atoms. The van der Waals surface area contributed by atoms with Crippen LogP contribution in [0.4, 0.5) is 0 Å². The molecule has 2 atom stereocenters. The summed E-state index contributed by atoms with van der Waals surface area (Å²) < 4.78 is 1.95.